The SMILES string of the molecule is CCN(CC)CCCNC(=O)c1sc(=O)[nH]c1C. The number of rotatable bonds is 7. The summed E-state index contributed by atoms with van der Waals surface area (Å²) in [5.74, 6) is -0.157. The highest BCUT2D eigenvalue weighted by Gasteiger charge is 2.12. The molecule has 1 amide bonds. The van der Waals surface area contributed by atoms with Crippen molar-refractivity contribution in [3.05, 3.63) is 20.2 Å². The molecule has 1 rings (SSSR count). The van der Waals surface area contributed by atoms with E-state index < -0.39 is 0 Å². The average Bonchev–Trinajstić information content (AvgIpc) is 2.68. The highest BCUT2D eigenvalue weighted by molar-refractivity contribution is 7.11. The molecule has 5 nitrogen and oxygen atoms in total. The first-order valence-corrected chi connectivity index (χ1v) is 7.10. The summed E-state index contributed by atoms with van der Waals surface area (Å²) in [7, 11) is 0. The normalized spacial score (nSPS) is 10.9. The van der Waals surface area contributed by atoms with E-state index in [1.165, 1.54) is 0 Å². The van der Waals surface area contributed by atoms with E-state index in [4.69, 9.17) is 0 Å². The molecule has 1 aromatic rings. The van der Waals surface area contributed by atoms with Crippen LogP contribution in [0.1, 0.15) is 35.6 Å². The lowest BCUT2D eigenvalue weighted by atomic mass is 10.3. The van der Waals surface area contributed by atoms with Crippen molar-refractivity contribution in [3.8, 4) is 0 Å². The fourth-order valence-corrected chi connectivity index (χ4v) is 2.50. The van der Waals surface area contributed by atoms with Gasteiger partial charge in [0.1, 0.15) is 4.88 Å². The fourth-order valence-electron chi connectivity index (χ4n) is 1.75. The van der Waals surface area contributed by atoms with Crippen molar-refractivity contribution in [1.82, 2.24) is 15.2 Å². The third kappa shape index (κ3) is 4.27. The molecule has 0 aliphatic carbocycles. The quantitative estimate of drug-likeness (QED) is 0.733. The van der Waals surface area contributed by atoms with E-state index in [1.54, 1.807) is 6.92 Å². The summed E-state index contributed by atoms with van der Waals surface area (Å²) < 4.78 is 0. The number of H-pyrrole nitrogens is 1. The van der Waals surface area contributed by atoms with Gasteiger partial charge in [-0.1, -0.05) is 25.2 Å². The molecule has 0 spiro atoms. The van der Waals surface area contributed by atoms with Crippen LogP contribution in [0, 0.1) is 6.92 Å². The van der Waals surface area contributed by atoms with Crippen LogP contribution in [0.2, 0.25) is 0 Å². The average molecular weight is 271 g/mol. The predicted molar refractivity (Wildman–Crippen MR) is 74.4 cm³/mol. The van der Waals surface area contributed by atoms with E-state index in [1.807, 2.05) is 0 Å². The Hall–Kier alpha value is -1.14. The molecule has 2 N–H and O–H groups in total. The number of carbonyl (C=O) groups excluding carboxylic acids is 1. The van der Waals surface area contributed by atoms with Gasteiger partial charge in [-0.05, 0) is 33.0 Å². The van der Waals surface area contributed by atoms with Crippen LogP contribution in [0.15, 0.2) is 4.79 Å². The predicted octanol–water partition coefficient (Wildman–Crippen LogP) is 1.21. The topological polar surface area (TPSA) is 65.2 Å². The highest BCUT2D eigenvalue weighted by atomic mass is 32.1. The van der Waals surface area contributed by atoms with Gasteiger partial charge in [-0.3, -0.25) is 9.59 Å². The molecule has 0 saturated heterocycles. The molecule has 0 aromatic carbocycles. The highest BCUT2D eigenvalue weighted by Crippen LogP contribution is 2.07. The molecule has 0 atom stereocenters. The third-order valence-electron chi connectivity index (χ3n) is 2.86. The Kier molecular flexibility index (Phi) is 6.07. The van der Waals surface area contributed by atoms with Crippen molar-refractivity contribution < 1.29 is 4.79 Å². The smallest absolute Gasteiger partial charge is 0.305 e. The van der Waals surface area contributed by atoms with Crippen molar-refractivity contribution in [2.75, 3.05) is 26.2 Å². The van der Waals surface area contributed by atoms with Crippen LogP contribution >= 0.6 is 11.3 Å². The number of nitrogens with zero attached hydrogens (tertiary/aromatic N) is 1. The number of hydrogen-bond acceptors (Lipinski definition) is 4. The second-order valence-electron chi connectivity index (χ2n) is 4.10. The van der Waals surface area contributed by atoms with Gasteiger partial charge >= 0.3 is 4.87 Å². The van der Waals surface area contributed by atoms with Gasteiger partial charge in [0.05, 0.1) is 0 Å². The van der Waals surface area contributed by atoms with Crippen molar-refractivity contribution in [3.63, 3.8) is 0 Å². The molecule has 0 bridgehead atoms. The van der Waals surface area contributed by atoms with Crippen molar-refractivity contribution in [2.45, 2.75) is 27.2 Å². The molecule has 6 heteroatoms. The molecular formula is C12H21N3O2S. The van der Waals surface area contributed by atoms with E-state index in [2.05, 4.69) is 29.0 Å². The van der Waals surface area contributed by atoms with Crippen molar-refractivity contribution in [1.29, 1.82) is 0 Å². The number of thiazole rings is 1. The summed E-state index contributed by atoms with van der Waals surface area (Å²) >= 11 is 0.962. The number of aromatic amines is 1. The van der Waals surface area contributed by atoms with E-state index in [0.29, 0.717) is 17.1 Å². The van der Waals surface area contributed by atoms with Crippen LogP contribution in [-0.2, 0) is 0 Å². The molecule has 0 aliphatic rings. The summed E-state index contributed by atoms with van der Waals surface area (Å²) in [4.78, 5) is 28.1. The Morgan fingerprint density at radius 2 is 2.06 bits per heavy atom. The molecular weight excluding hydrogens is 250 g/mol. The first-order chi connectivity index (χ1) is 8.58. The van der Waals surface area contributed by atoms with Gasteiger partial charge in [0.15, 0.2) is 0 Å². The fraction of sp³-hybridized carbons (Fsp3) is 0.667. The van der Waals surface area contributed by atoms with Crippen LogP contribution < -0.4 is 10.2 Å². The number of aromatic nitrogens is 1. The Morgan fingerprint density at radius 3 is 2.56 bits per heavy atom. The minimum Gasteiger partial charge on any atom is -0.351 e. The summed E-state index contributed by atoms with van der Waals surface area (Å²) in [5, 5.41) is 2.84. The molecule has 18 heavy (non-hydrogen) atoms. The third-order valence-corrected chi connectivity index (χ3v) is 3.85. The Labute approximate surface area is 111 Å². The van der Waals surface area contributed by atoms with Crippen LogP contribution in [-0.4, -0.2) is 42.0 Å². The van der Waals surface area contributed by atoms with Crippen molar-refractivity contribution >= 4 is 17.2 Å². The number of amides is 1. The van der Waals surface area contributed by atoms with Gasteiger partial charge in [-0.2, -0.15) is 0 Å². The van der Waals surface area contributed by atoms with Gasteiger partial charge in [0, 0.05) is 12.2 Å². The van der Waals surface area contributed by atoms with E-state index >= 15 is 0 Å². The maximum Gasteiger partial charge on any atom is 0.305 e. The molecule has 1 aromatic heterocycles. The summed E-state index contributed by atoms with van der Waals surface area (Å²) in [6.45, 7) is 9.68. The zero-order chi connectivity index (χ0) is 13.5. The number of hydrogen-bond donors (Lipinski definition) is 2. The number of aryl methyl sites for hydroxylation is 1. The number of nitrogens with one attached hydrogen (secondary N) is 2. The maximum atomic E-state index is 11.8. The molecule has 1 heterocycles. The minimum absolute atomic E-state index is 0.157. The Morgan fingerprint density at radius 1 is 1.39 bits per heavy atom. The first kappa shape index (κ1) is 14.9. The van der Waals surface area contributed by atoms with Gasteiger partial charge in [-0.25, -0.2) is 0 Å². The standard InChI is InChI=1S/C12H21N3O2S/c1-4-15(5-2)8-6-7-13-11(16)10-9(3)14-12(17)18-10/h4-8H2,1-3H3,(H,13,16)(H,14,17). The lowest BCUT2D eigenvalue weighted by Crippen LogP contribution is -2.29. The monoisotopic (exact) mass is 271 g/mol. The summed E-state index contributed by atoms with van der Waals surface area (Å²) in [6, 6.07) is 0. The Bertz CT molecular complexity index is 435. The van der Waals surface area contributed by atoms with Gasteiger partial charge in [-0.15, -0.1) is 0 Å². The summed E-state index contributed by atoms with van der Waals surface area (Å²) in [5.41, 5.74) is 0.645. The summed E-state index contributed by atoms with van der Waals surface area (Å²) in [6.07, 6.45) is 0.922. The molecule has 0 fully saturated rings. The van der Waals surface area contributed by atoms with Crippen LogP contribution in [0.3, 0.4) is 0 Å². The molecule has 0 saturated carbocycles. The van der Waals surface area contributed by atoms with Crippen LogP contribution in [0.25, 0.3) is 0 Å². The van der Waals surface area contributed by atoms with E-state index in [-0.39, 0.29) is 10.8 Å². The molecule has 0 radical (unpaired) electrons. The van der Waals surface area contributed by atoms with Gasteiger partial charge in [0.2, 0.25) is 0 Å². The lowest BCUT2D eigenvalue weighted by molar-refractivity contribution is 0.0955. The molecule has 102 valence electrons. The zero-order valence-corrected chi connectivity index (χ0v) is 12.0. The molecule has 0 unspecified atom stereocenters. The van der Waals surface area contributed by atoms with Gasteiger partial charge in [0.25, 0.3) is 5.91 Å². The lowest BCUT2D eigenvalue weighted by Gasteiger charge is -2.17. The second-order valence-corrected chi connectivity index (χ2v) is 5.09. The maximum absolute atomic E-state index is 11.8. The van der Waals surface area contributed by atoms with Crippen molar-refractivity contribution in [2.24, 2.45) is 0 Å². The first-order valence-electron chi connectivity index (χ1n) is 6.28. The molecule has 0 aliphatic heterocycles. The Balaban J connectivity index is 2.34. The minimum atomic E-state index is -0.180. The van der Waals surface area contributed by atoms with Gasteiger partial charge < -0.3 is 15.2 Å². The van der Waals surface area contributed by atoms with E-state index in [9.17, 15) is 9.59 Å². The largest absolute Gasteiger partial charge is 0.351 e. The van der Waals surface area contributed by atoms with Crippen LogP contribution in [0.5, 0.6) is 0 Å². The number of carbonyl (C=O) groups is 1. The second kappa shape index (κ2) is 7.33. The van der Waals surface area contributed by atoms with Crippen LogP contribution in [0.4, 0.5) is 0 Å². The van der Waals surface area contributed by atoms with E-state index in [0.717, 1.165) is 37.4 Å². The zero-order valence-electron chi connectivity index (χ0n) is 11.2.